The van der Waals surface area contributed by atoms with Gasteiger partial charge in [0.15, 0.2) is 0 Å². The van der Waals surface area contributed by atoms with E-state index in [0.717, 1.165) is 25.4 Å². The van der Waals surface area contributed by atoms with Gasteiger partial charge >= 0.3 is 0 Å². The van der Waals surface area contributed by atoms with Gasteiger partial charge in [0.1, 0.15) is 12.4 Å². The van der Waals surface area contributed by atoms with E-state index in [1.165, 1.54) is 16.7 Å². The van der Waals surface area contributed by atoms with Crippen molar-refractivity contribution in [3.8, 4) is 16.9 Å². The first kappa shape index (κ1) is 10.4. The highest BCUT2D eigenvalue weighted by atomic mass is 16.5. The highest BCUT2D eigenvalue weighted by molar-refractivity contribution is 5.66. The fourth-order valence-electron chi connectivity index (χ4n) is 2.10. The van der Waals surface area contributed by atoms with Crippen LogP contribution in [0.5, 0.6) is 5.75 Å². The lowest BCUT2D eigenvalue weighted by atomic mass is 10.0. The molecule has 0 aliphatic carbocycles. The van der Waals surface area contributed by atoms with E-state index < -0.39 is 0 Å². The van der Waals surface area contributed by atoms with Crippen LogP contribution in [0.3, 0.4) is 0 Å². The first-order valence-corrected chi connectivity index (χ1v) is 5.95. The van der Waals surface area contributed by atoms with Crippen LogP contribution in [0, 0.1) is 0 Å². The molecule has 0 radical (unpaired) electrons. The lowest BCUT2D eigenvalue weighted by Crippen LogP contribution is -2.16. The smallest absolute Gasteiger partial charge is 0.124 e. The number of ether oxygens (including phenoxy) is 1. The minimum atomic E-state index is 0.741. The van der Waals surface area contributed by atoms with Crippen molar-refractivity contribution in [3.63, 3.8) is 0 Å². The molecule has 0 saturated heterocycles. The van der Waals surface area contributed by atoms with Gasteiger partial charge in [-0.25, -0.2) is 0 Å². The maximum absolute atomic E-state index is 5.75. The molecule has 2 aromatic carbocycles. The second kappa shape index (κ2) is 4.60. The second-order valence-electron chi connectivity index (χ2n) is 4.21. The van der Waals surface area contributed by atoms with Gasteiger partial charge in [0.25, 0.3) is 0 Å². The Morgan fingerprint density at radius 2 is 1.82 bits per heavy atom. The van der Waals surface area contributed by atoms with Gasteiger partial charge in [-0.05, 0) is 17.2 Å². The monoisotopic (exact) mass is 225 g/mol. The van der Waals surface area contributed by atoms with Crippen LogP contribution in [-0.2, 0) is 6.54 Å². The van der Waals surface area contributed by atoms with Gasteiger partial charge < -0.3 is 10.1 Å². The van der Waals surface area contributed by atoms with Gasteiger partial charge in [0.2, 0.25) is 0 Å². The molecule has 3 rings (SSSR count). The van der Waals surface area contributed by atoms with Crippen molar-refractivity contribution in [1.82, 2.24) is 5.32 Å². The molecule has 0 spiro atoms. The molecule has 0 fully saturated rings. The van der Waals surface area contributed by atoms with Crippen molar-refractivity contribution < 1.29 is 4.74 Å². The van der Waals surface area contributed by atoms with Gasteiger partial charge in [0, 0.05) is 18.7 Å². The molecule has 0 aromatic heterocycles. The Balaban J connectivity index is 2.00. The van der Waals surface area contributed by atoms with Crippen LogP contribution in [0.2, 0.25) is 0 Å². The fraction of sp³-hybridized carbons (Fsp3) is 0.200. The molecule has 1 aliphatic rings. The summed E-state index contributed by atoms with van der Waals surface area (Å²) in [6, 6.07) is 16.8. The van der Waals surface area contributed by atoms with Crippen molar-refractivity contribution in [2.75, 3.05) is 13.2 Å². The molecular formula is C15H15NO. The number of benzene rings is 2. The highest BCUT2D eigenvalue weighted by Crippen LogP contribution is 2.28. The third kappa shape index (κ3) is 2.17. The predicted molar refractivity (Wildman–Crippen MR) is 69.1 cm³/mol. The van der Waals surface area contributed by atoms with E-state index in [1.54, 1.807) is 0 Å². The van der Waals surface area contributed by atoms with Crippen molar-refractivity contribution in [2.45, 2.75) is 6.54 Å². The summed E-state index contributed by atoms with van der Waals surface area (Å²) in [4.78, 5) is 0. The van der Waals surface area contributed by atoms with Gasteiger partial charge in [-0.2, -0.15) is 0 Å². The van der Waals surface area contributed by atoms with Crippen molar-refractivity contribution >= 4 is 0 Å². The van der Waals surface area contributed by atoms with Crippen LogP contribution >= 0.6 is 0 Å². The standard InChI is InChI=1S/C15H15NO/c1-2-4-12(5-3-1)13-6-7-14-11-16-8-9-17-15(14)10-13/h1-7,10,16H,8-9,11H2. The molecule has 17 heavy (non-hydrogen) atoms. The van der Waals surface area contributed by atoms with Gasteiger partial charge in [-0.1, -0.05) is 42.5 Å². The Kier molecular flexibility index (Phi) is 2.80. The van der Waals surface area contributed by atoms with Crippen LogP contribution < -0.4 is 10.1 Å². The largest absolute Gasteiger partial charge is 0.492 e. The van der Waals surface area contributed by atoms with Crippen LogP contribution in [0.1, 0.15) is 5.56 Å². The molecule has 2 nitrogen and oxygen atoms in total. The molecule has 1 N–H and O–H groups in total. The molecule has 1 aliphatic heterocycles. The summed E-state index contributed by atoms with van der Waals surface area (Å²) >= 11 is 0. The minimum absolute atomic E-state index is 0.741. The second-order valence-corrected chi connectivity index (χ2v) is 4.21. The third-order valence-electron chi connectivity index (χ3n) is 3.03. The molecule has 0 unspecified atom stereocenters. The summed E-state index contributed by atoms with van der Waals surface area (Å²) in [5.74, 6) is 1.01. The average Bonchev–Trinajstić information content (AvgIpc) is 2.64. The molecule has 0 saturated carbocycles. The maximum Gasteiger partial charge on any atom is 0.124 e. The molecule has 0 bridgehead atoms. The van der Waals surface area contributed by atoms with Crippen LogP contribution in [-0.4, -0.2) is 13.2 Å². The number of hydrogen-bond donors (Lipinski definition) is 1. The minimum Gasteiger partial charge on any atom is -0.492 e. The van der Waals surface area contributed by atoms with Crippen molar-refractivity contribution in [1.29, 1.82) is 0 Å². The Hall–Kier alpha value is -1.80. The van der Waals surface area contributed by atoms with Gasteiger partial charge in [-0.15, -0.1) is 0 Å². The topological polar surface area (TPSA) is 21.3 Å². The van der Waals surface area contributed by atoms with E-state index in [1.807, 2.05) is 6.07 Å². The zero-order valence-corrected chi connectivity index (χ0v) is 9.65. The van der Waals surface area contributed by atoms with Gasteiger partial charge in [-0.3, -0.25) is 0 Å². The zero-order valence-electron chi connectivity index (χ0n) is 9.65. The average molecular weight is 225 g/mol. The summed E-state index contributed by atoms with van der Waals surface area (Å²) in [6.07, 6.45) is 0. The predicted octanol–water partition coefficient (Wildman–Crippen LogP) is 2.84. The van der Waals surface area contributed by atoms with Crippen molar-refractivity contribution in [3.05, 3.63) is 54.1 Å². The first-order valence-electron chi connectivity index (χ1n) is 5.95. The van der Waals surface area contributed by atoms with E-state index in [-0.39, 0.29) is 0 Å². The Morgan fingerprint density at radius 3 is 2.71 bits per heavy atom. The normalized spacial score (nSPS) is 14.6. The van der Waals surface area contributed by atoms with E-state index in [2.05, 4.69) is 47.8 Å². The Bertz CT molecular complexity index is 508. The fourth-order valence-corrected chi connectivity index (χ4v) is 2.10. The molecule has 0 atom stereocenters. The maximum atomic E-state index is 5.75. The molecule has 86 valence electrons. The summed E-state index contributed by atoms with van der Waals surface area (Å²) in [5, 5.41) is 3.34. The molecule has 1 heterocycles. The summed E-state index contributed by atoms with van der Waals surface area (Å²) in [6.45, 7) is 2.55. The number of rotatable bonds is 1. The van der Waals surface area contributed by atoms with E-state index in [4.69, 9.17) is 4.74 Å². The van der Waals surface area contributed by atoms with Crippen LogP contribution in [0.15, 0.2) is 48.5 Å². The third-order valence-corrected chi connectivity index (χ3v) is 3.03. The van der Waals surface area contributed by atoms with Gasteiger partial charge in [0.05, 0.1) is 0 Å². The molecule has 2 heteroatoms. The molecular weight excluding hydrogens is 210 g/mol. The molecule has 0 amide bonds. The highest BCUT2D eigenvalue weighted by Gasteiger charge is 2.09. The number of nitrogens with one attached hydrogen (secondary N) is 1. The zero-order chi connectivity index (χ0) is 11.5. The summed E-state index contributed by atoms with van der Waals surface area (Å²) in [5.41, 5.74) is 3.68. The SMILES string of the molecule is c1ccc(-c2ccc3c(c2)OCCNC3)cc1. The first-order chi connectivity index (χ1) is 8.43. The lowest BCUT2D eigenvalue weighted by molar-refractivity contribution is 0.326. The van der Waals surface area contributed by atoms with Crippen molar-refractivity contribution in [2.24, 2.45) is 0 Å². The quantitative estimate of drug-likeness (QED) is 0.805. The van der Waals surface area contributed by atoms with Crippen LogP contribution in [0.4, 0.5) is 0 Å². The Labute approximate surface area is 101 Å². The lowest BCUT2D eigenvalue weighted by Gasteiger charge is -2.09. The number of fused-ring (bicyclic) bond motifs is 1. The van der Waals surface area contributed by atoms with E-state index >= 15 is 0 Å². The summed E-state index contributed by atoms with van der Waals surface area (Å²) in [7, 11) is 0. The van der Waals surface area contributed by atoms with Crippen LogP contribution in [0.25, 0.3) is 11.1 Å². The number of hydrogen-bond acceptors (Lipinski definition) is 2. The van der Waals surface area contributed by atoms with E-state index in [0.29, 0.717) is 0 Å². The molecule has 2 aromatic rings. The summed E-state index contributed by atoms with van der Waals surface area (Å²) < 4.78 is 5.75. The Morgan fingerprint density at radius 1 is 0.941 bits per heavy atom. The van der Waals surface area contributed by atoms with E-state index in [9.17, 15) is 0 Å².